The molecule has 2 aromatic carbocycles. The zero-order valence-corrected chi connectivity index (χ0v) is 17.8. The number of thioether (sulfide) groups is 1. The van der Waals surface area contributed by atoms with Crippen LogP contribution in [0.1, 0.15) is 50.0 Å². The number of nitrogens with one attached hydrogen (secondary N) is 1. The van der Waals surface area contributed by atoms with Crippen LogP contribution in [-0.4, -0.2) is 24.7 Å². The molecule has 6 heteroatoms. The molecule has 1 atom stereocenters. The topological polar surface area (TPSA) is 58.6 Å². The largest absolute Gasteiger partial charge is 0.495 e. The first-order valence-electron chi connectivity index (χ1n) is 10.1. The minimum Gasteiger partial charge on any atom is -0.495 e. The lowest BCUT2D eigenvalue weighted by Crippen LogP contribution is -2.28. The van der Waals surface area contributed by atoms with E-state index in [4.69, 9.17) is 4.74 Å². The highest BCUT2D eigenvalue weighted by Crippen LogP contribution is 2.44. The number of hydrogen-bond acceptors (Lipinski definition) is 4. The van der Waals surface area contributed by atoms with Gasteiger partial charge in [0.1, 0.15) is 11.1 Å². The highest BCUT2D eigenvalue weighted by Gasteiger charge is 2.35. The first kappa shape index (κ1) is 21.2. The van der Waals surface area contributed by atoms with Gasteiger partial charge in [0.2, 0.25) is 11.8 Å². The molecule has 1 unspecified atom stereocenters. The van der Waals surface area contributed by atoms with Crippen molar-refractivity contribution in [2.45, 2.75) is 44.4 Å². The number of methoxy groups -OCH3 is 1. The Morgan fingerprint density at radius 1 is 1.14 bits per heavy atom. The predicted octanol–water partition coefficient (Wildman–Crippen LogP) is 5.38. The number of para-hydroxylation sites is 2. The highest BCUT2D eigenvalue weighted by atomic mass is 32.2. The van der Waals surface area contributed by atoms with Crippen LogP contribution in [0.4, 0.5) is 11.4 Å². The van der Waals surface area contributed by atoms with E-state index in [0.717, 1.165) is 36.2 Å². The number of ether oxygens (including phenoxy) is 1. The number of benzene rings is 2. The van der Waals surface area contributed by atoms with Crippen LogP contribution >= 0.6 is 11.8 Å². The van der Waals surface area contributed by atoms with Crippen molar-refractivity contribution in [1.82, 2.24) is 0 Å². The van der Waals surface area contributed by atoms with E-state index in [0.29, 0.717) is 17.9 Å². The summed E-state index contributed by atoms with van der Waals surface area (Å²) in [5, 5.41) is 2.85. The molecule has 3 rings (SSSR count). The number of unbranched alkanes of at least 4 members (excludes halogenated alkanes) is 3. The summed E-state index contributed by atoms with van der Waals surface area (Å²) in [6.07, 6.45) is 4.90. The zero-order chi connectivity index (χ0) is 20.6. The fourth-order valence-corrected chi connectivity index (χ4v) is 4.60. The number of carbonyl (C=O) groups excluding carboxylic acids is 2. The van der Waals surface area contributed by atoms with E-state index in [1.165, 1.54) is 6.42 Å². The first-order chi connectivity index (χ1) is 14.1. The van der Waals surface area contributed by atoms with Gasteiger partial charge in [-0.15, -0.1) is 11.8 Å². The minimum atomic E-state index is -0.113. The van der Waals surface area contributed by atoms with Crippen molar-refractivity contribution in [1.29, 1.82) is 0 Å². The second kappa shape index (κ2) is 10.3. The molecule has 0 aliphatic carbocycles. The SMILES string of the molecule is CCCCCCC(=O)Nc1ccc(C2SCC(=O)N2c2ccccc2OC)cc1. The van der Waals surface area contributed by atoms with Gasteiger partial charge in [-0.3, -0.25) is 14.5 Å². The summed E-state index contributed by atoms with van der Waals surface area (Å²) in [5.41, 5.74) is 2.58. The van der Waals surface area contributed by atoms with E-state index < -0.39 is 0 Å². The summed E-state index contributed by atoms with van der Waals surface area (Å²) in [5.74, 6) is 1.23. The molecule has 0 saturated carbocycles. The number of amides is 2. The normalized spacial score (nSPS) is 16.1. The average Bonchev–Trinajstić information content (AvgIpc) is 3.13. The molecule has 1 N–H and O–H groups in total. The molecular weight excluding hydrogens is 384 g/mol. The van der Waals surface area contributed by atoms with Gasteiger partial charge in [-0.25, -0.2) is 0 Å². The molecule has 2 aromatic rings. The maximum Gasteiger partial charge on any atom is 0.238 e. The van der Waals surface area contributed by atoms with Crippen molar-refractivity contribution in [3.63, 3.8) is 0 Å². The van der Waals surface area contributed by atoms with Gasteiger partial charge in [-0.1, -0.05) is 50.5 Å². The number of rotatable bonds is 9. The van der Waals surface area contributed by atoms with Crippen molar-refractivity contribution in [2.75, 3.05) is 23.1 Å². The standard InChI is InChI=1S/C23H28N2O3S/c1-3-4-5-6-11-21(26)24-18-14-12-17(13-15-18)23-25(22(27)16-29-23)19-9-7-8-10-20(19)28-2/h7-10,12-15,23H,3-6,11,16H2,1-2H3,(H,24,26). The Kier molecular flexibility index (Phi) is 7.58. The van der Waals surface area contributed by atoms with E-state index in [2.05, 4.69) is 12.2 Å². The summed E-state index contributed by atoms with van der Waals surface area (Å²) in [6, 6.07) is 15.3. The Morgan fingerprint density at radius 2 is 1.90 bits per heavy atom. The maximum absolute atomic E-state index is 12.6. The highest BCUT2D eigenvalue weighted by molar-refractivity contribution is 8.00. The molecule has 1 saturated heterocycles. The maximum atomic E-state index is 12.6. The van der Waals surface area contributed by atoms with Crippen molar-refractivity contribution in [2.24, 2.45) is 0 Å². The molecule has 1 heterocycles. The number of anilines is 2. The molecule has 154 valence electrons. The van der Waals surface area contributed by atoms with Gasteiger partial charge >= 0.3 is 0 Å². The second-order valence-corrected chi connectivity index (χ2v) is 8.15. The third-order valence-corrected chi connectivity index (χ3v) is 6.16. The molecule has 1 aliphatic rings. The Morgan fingerprint density at radius 3 is 2.62 bits per heavy atom. The van der Waals surface area contributed by atoms with Gasteiger partial charge in [0.25, 0.3) is 0 Å². The summed E-state index contributed by atoms with van der Waals surface area (Å²) in [6.45, 7) is 2.16. The van der Waals surface area contributed by atoms with Crippen molar-refractivity contribution < 1.29 is 14.3 Å². The van der Waals surface area contributed by atoms with Gasteiger partial charge in [-0.2, -0.15) is 0 Å². The lowest BCUT2D eigenvalue weighted by molar-refractivity contribution is -0.116. The van der Waals surface area contributed by atoms with Gasteiger partial charge in [0, 0.05) is 12.1 Å². The van der Waals surface area contributed by atoms with Crippen LogP contribution < -0.4 is 15.0 Å². The summed E-state index contributed by atoms with van der Waals surface area (Å²) >= 11 is 1.59. The Hall–Kier alpha value is -2.47. The molecule has 0 spiro atoms. The van der Waals surface area contributed by atoms with Crippen LogP contribution in [0.2, 0.25) is 0 Å². The lowest BCUT2D eigenvalue weighted by atomic mass is 10.1. The Bertz CT molecular complexity index is 838. The minimum absolute atomic E-state index is 0.0509. The van der Waals surface area contributed by atoms with Gasteiger partial charge in [-0.05, 0) is 36.2 Å². The van der Waals surface area contributed by atoms with Crippen LogP contribution in [0, 0.1) is 0 Å². The molecule has 5 nitrogen and oxygen atoms in total. The van der Waals surface area contributed by atoms with Gasteiger partial charge in [0.05, 0.1) is 18.6 Å². The quantitative estimate of drug-likeness (QED) is 0.562. The monoisotopic (exact) mass is 412 g/mol. The third kappa shape index (κ3) is 5.32. The molecule has 2 amide bonds. The predicted molar refractivity (Wildman–Crippen MR) is 120 cm³/mol. The fraction of sp³-hybridized carbons (Fsp3) is 0.391. The van der Waals surface area contributed by atoms with Crippen molar-refractivity contribution >= 4 is 35.0 Å². The zero-order valence-electron chi connectivity index (χ0n) is 17.0. The van der Waals surface area contributed by atoms with Crippen LogP contribution in [0.15, 0.2) is 48.5 Å². The van der Waals surface area contributed by atoms with Crippen LogP contribution in [-0.2, 0) is 9.59 Å². The molecule has 1 aliphatic heterocycles. The molecule has 0 bridgehead atoms. The second-order valence-electron chi connectivity index (χ2n) is 7.08. The van der Waals surface area contributed by atoms with E-state index >= 15 is 0 Å². The summed E-state index contributed by atoms with van der Waals surface area (Å²) in [4.78, 5) is 26.5. The van der Waals surface area contributed by atoms with E-state index in [-0.39, 0.29) is 17.2 Å². The van der Waals surface area contributed by atoms with Crippen LogP contribution in [0.25, 0.3) is 0 Å². The third-order valence-electron chi connectivity index (χ3n) is 4.95. The molecular formula is C23H28N2O3S. The van der Waals surface area contributed by atoms with Crippen LogP contribution in [0.3, 0.4) is 0 Å². The smallest absolute Gasteiger partial charge is 0.238 e. The number of nitrogens with zero attached hydrogens (tertiary/aromatic N) is 1. The molecule has 0 aromatic heterocycles. The Labute approximate surface area is 176 Å². The van der Waals surface area contributed by atoms with Crippen LogP contribution in [0.5, 0.6) is 5.75 Å². The van der Waals surface area contributed by atoms with E-state index in [1.807, 2.05) is 48.5 Å². The van der Waals surface area contributed by atoms with E-state index in [9.17, 15) is 9.59 Å². The first-order valence-corrected chi connectivity index (χ1v) is 11.2. The molecule has 29 heavy (non-hydrogen) atoms. The molecule has 0 radical (unpaired) electrons. The van der Waals surface area contributed by atoms with E-state index in [1.54, 1.807) is 23.8 Å². The summed E-state index contributed by atoms with van der Waals surface area (Å²) < 4.78 is 5.45. The van der Waals surface area contributed by atoms with Gasteiger partial charge in [0.15, 0.2) is 0 Å². The number of carbonyl (C=O) groups is 2. The summed E-state index contributed by atoms with van der Waals surface area (Å²) in [7, 11) is 1.61. The molecule has 1 fully saturated rings. The van der Waals surface area contributed by atoms with Gasteiger partial charge < -0.3 is 10.1 Å². The van der Waals surface area contributed by atoms with Crippen molar-refractivity contribution in [3.05, 3.63) is 54.1 Å². The lowest BCUT2D eigenvalue weighted by Gasteiger charge is -2.26. The van der Waals surface area contributed by atoms with Crippen molar-refractivity contribution in [3.8, 4) is 5.75 Å². The fourth-order valence-electron chi connectivity index (χ4n) is 3.43. The Balaban J connectivity index is 1.68. The average molecular weight is 413 g/mol. The number of hydrogen-bond donors (Lipinski definition) is 1.